The van der Waals surface area contributed by atoms with E-state index in [0.29, 0.717) is 12.1 Å². The molecule has 29 heavy (non-hydrogen) atoms. The summed E-state index contributed by atoms with van der Waals surface area (Å²) in [5, 5.41) is 29.1. The number of nitriles is 1. The first-order chi connectivity index (χ1) is 14.2. The van der Waals surface area contributed by atoms with Crippen LogP contribution in [0, 0.1) is 11.3 Å². The average molecular weight is 381 g/mol. The zero-order valence-electron chi connectivity index (χ0n) is 15.7. The molecule has 0 spiro atoms. The average Bonchev–Trinajstić information content (AvgIpc) is 3.16. The topological polar surface area (TPSA) is 78.0 Å². The fraction of sp³-hybridized carbons (Fsp3) is 0.0870. The third-order valence-electron chi connectivity index (χ3n) is 4.71. The third-order valence-corrected chi connectivity index (χ3v) is 4.71. The zero-order chi connectivity index (χ0) is 20.1. The second-order valence-electron chi connectivity index (χ2n) is 6.63. The van der Waals surface area contributed by atoms with E-state index in [1.807, 2.05) is 53.2 Å². The SMILES string of the molecule is N#Cc1ccc(N(CC2=CC=CC=CC2)n2cnnc2)cc1-c1ccc(O)cc1. The Labute approximate surface area is 168 Å². The summed E-state index contributed by atoms with van der Waals surface area (Å²) in [5.41, 5.74) is 4.38. The Morgan fingerprint density at radius 3 is 2.59 bits per heavy atom. The van der Waals surface area contributed by atoms with Crippen LogP contribution in [-0.2, 0) is 0 Å². The standard InChI is InChI=1S/C23H19N5O/c24-14-20-7-10-21(13-23(20)19-8-11-22(29)12-9-19)28(27-16-25-26-17-27)15-18-5-3-1-2-4-6-18/h1-5,7-13,16-17,29H,6,15H2. The molecule has 0 amide bonds. The molecular weight excluding hydrogens is 362 g/mol. The lowest BCUT2D eigenvalue weighted by Gasteiger charge is -2.26. The first-order valence-electron chi connectivity index (χ1n) is 9.22. The van der Waals surface area contributed by atoms with E-state index >= 15 is 0 Å². The summed E-state index contributed by atoms with van der Waals surface area (Å²) in [6, 6.07) is 14.8. The highest BCUT2D eigenvalue weighted by atomic mass is 16.3. The van der Waals surface area contributed by atoms with Crippen LogP contribution in [0.1, 0.15) is 12.0 Å². The molecule has 1 aromatic heterocycles. The molecular formula is C23H19N5O. The lowest BCUT2D eigenvalue weighted by Crippen LogP contribution is -2.30. The van der Waals surface area contributed by atoms with Crippen molar-refractivity contribution in [2.24, 2.45) is 0 Å². The molecule has 0 atom stereocenters. The highest BCUT2D eigenvalue weighted by Gasteiger charge is 2.15. The highest BCUT2D eigenvalue weighted by molar-refractivity contribution is 5.75. The third kappa shape index (κ3) is 4.09. The summed E-state index contributed by atoms with van der Waals surface area (Å²) in [5.74, 6) is 0.191. The van der Waals surface area contributed by atoms with E-state index in [-0.39, 0.29) is 5.75 Å². The number of nitrogens with zero attached hydrogens (tertiary/aromatic N) is 5. The van der Waals surface area contributed by atoms with Crippen molar-refractivity contribution >= 4 is 5.69 Å². The van der Waals surface area contributed by atoms with Crippen LogP contribution in [-0.4, -0.2) is 26.5 Å². The predicted molar refractivity (Wildman–Crippen MR) is 112 cm³/mol. The molecule has 142 valence electrons. The maximum absolute atomic E-state index is 9.60. The van der Waals surface area contributed by atoms with E-state index in [1.54, 1.807) is 24.8 Å². The van der Waals surface area contributed by atoms with Crippen LogP contribution in [0.3, 0.4) is 0 Å². The van der Waals surface area contributed by atoms with Gasteiger partial charge < -0.3 is 5.11 Å². The van der Waals surface area contributed by atoms with Crippen LogP contribution in [0.4, 0.5) is 5.69 Å². The Kier molecular flexibility index (Phi) is 5.21. The lowest BCUT2D eigenvalue weighted by molar-refractivity contribution is 0.475. The van der Waals surface area contributed by atoms with Crippen molar-refractivity contribution in [3.05, 3.63) is 96.6 Å². The minimum atomic E-state index is 0.191. The summed E-state index contributed by atoms with van der Waals surface area (Å²) < 4.78 is 1.83. The number of hydrogen-bond donors (Lipinski definition) is 1. The van der Waals surface area contributed by atoms with Gasteiger partial charge in [-0.25, -0.2) is 4.68 Å². The minimum Gasteiger partial charge on any atom is -0.508 e. The molecule has 4 rings (SSSR count). The maximum atomic E-state index is 9.60. The summed E-state index contributed by atoms with van der Waals surface area (Å²) in [4.78, 5) is 0. The van der Waals surface area contributed by atoms with Gasteiger partial charge in [-0.1, -0.05) is 42.5 Å². The number of phenols is 1. The van der Waals surface area contributed by atoms with Crippen molar-refractivity contribution in [3.8, 4) is 22.9 Å². The Hall–Kier alpha value is -4.11. The van der Waals surface area contributed by atoms with Crippen molar-refractivity contribution in [2.75, 3.05) is 11.6 Å². The van der Waals surface area contributed by atoms with Crippen molar-refractivity contribution in [2.45, 2.75) is 6.42 Å². The monoisotopic (exact) mass is 381 g/mol. The molecule has 6 heteroatoms. The molecule has 6 nitrogen and oxygen atoms in total. The fourth-order valence-electron chi connectivity index (χ4n) is 3.23. The van der Waals surface area contributed by atoms with E-state index in [2.05, 4.69) is 33.4 Å². The molecule has 0 saturated carbocycles. The number of rotatable bonds is 5. The molecule has 1 aliphatic carbocycles. The minimum absolute atomic E-state index is 0.191. The van der Waals surface area contributed by atoms with Crippen LogP contribution >= 0.6 is 0 Å². The number of allylic oxidation sites excluding steroid dienone is 5. The van der Waals surface area contributed by atoms with Crippen LogP contribution in [0.2, 0.25) is 0 Å². The number of phenolic OH excluding ortho intramolecular Hbond substituents is 1. The number of anilines is 1. The van der Waals surface area contributed by atoms with Crippen molar-refractivity contribution in [1.82, 2.24) is 14.9 Å². The van der Waals surface area contributed by atoms with Crippen LogP contribution in [0.25, 0.3) is 11.1 Å². The quantitative estimate of drug-likeness (QED) is 0.715. The van der Waals surface area contributed by atoms with Crippen LogP contribution < -0.4 is 5.01 Å². The molecule has 2 aromatic carbocycles. The van der Waals surface area contributed by atoms with Crippen molar-refractivity contribution in [1.29, 1.82) is 5.26 Å². The maximum Gasteiger partial charge on any atom is 0.139 e. The van der Waals surface area contributed by atoms with Gasteiger partial charge in [-0.3, -0.25) is 5.01 Å². The van der Waals surface area contributed by atoms with Gasteiger partial charge in [0, 0.05) is 5.56 Å². The molecule has 0 aliphatic heterocycles. The molecule has 1 heterocycles. The van der Waals surface area contributed by atoms with Gasteiger partial charge in [0.15, 0.2) is 0 Å². The van der Waals surface area contributed by atoms with E-state index in [9.17, 15) is 10.4 Å². The molecule has 1 N–H and O–H groups in total. The predicted octanol–water partition coefficient (Wildman–Crippen LogP) is 4.23. The Bertz CT molecular complexity index is 1120. The number of benzene rings is 2. The normalized spacial score (nSPS) is 12.9. The molecule has 1 aliphatic rings. The lowest BCUT2D eigenvalue weighted by atomic mass is 9.99. The van der Waals surface area contributed by atoms with Gasteiger partial charge in [-0.05, 0) is 47.9 Å². The number of hydrogen-bond acceptors (Lipinski definition) is 5. The summed E-state index contributed by atoms with van der Waals surface area (Å²) >= 11 is 0. The molecule has 0 unspecified atom stereocenters. The van der Waals surface area contributed by atoms with Gasteiger partial charge in [0.2, 0.25) is 0 Å². The molecule has 0 radical (unpaired) electrons. The largest absolute Gasteiger partial charge is 0.508 e. The second-order valence-corrected chi connectivity index (χ2v) is 6.63. The van der Waals surface area contributed by atoms with Gasteiger partial charge in [0.05, 0.1) is 23.9 Å². The summed E-state index contributed by atoms with van der Waals surface area (Å²) in [6.45, 7) is 0.646. The Morgan fingerprint density at radius 2 is 1.83 bits per heavy atom. The van der Waals surface area contributed by atoms with Gasteiger partial charge in [-0.2, -0.15) is 5.26 Å². The number of aromatic nitrogens is 3. The van der Waals surface area contributed by atoms with Crippen molar-refractivity contribution in [3.63, 3.8) is 0 Å². The highest BCUT2D eigenvalue weighted by Crippen LogP contribution is 2.30. The fourth-order valence-corrected chi connectivity index (χ4v) is 3.23. The Morgan fingerprint density at radius 1 is 1.03 bits per heavy atom. The van der Waals surface area contributed by atoms with Gasteiger partial charge >= 0.3 is 0 Å². The molecule has 3 aromatic rings. The Balaban J connectivity index is 1.76. The van der Waals surface area contributed by atoms with Gasteiger partial charge in [0.1, 0.15) is 18.4 Å². The van der Waals surface area contributed by atoms with Crippen LogP contribution in [0.5, 0.6) is 5.75 Å². The van der Waals surface area contributed by atoms with E-state index in [4.69, 9.17) is 0 Å². The first kappa shape index (κ1) is 18.3. The second kappa shape index (κ2) is 8.28. The molecule has 0 bridgehead atoms. The van der Waals surface area contributed by atoms with E-state index in [0.717, 1.165) is 23.2 Å². The number of aromatic hydroxyl groups is 1. The zero-order valence-corrected chi connectivity index (χ0v) is 15.7. The van der Waals surface area contributed by atoms with Gasteiger partial charge in [-0.15, -0.1) is 10.2 Å². The van der Waals surface area contributed by atoms with Gasteiger partial charge in [0.25, 0.3) is 0 Å². The summed E-state index contributed by atoms with van der Waals surface area (Å²) in [7, 11) is 0. The van der Waals surface area contributed by atoms with Crippen molar-refractivity contribution < 1.29 is 5.11 Å². The molecule has 0 fully saturated rings. The molecule has 0 saturated heterocycles. The van der Waals surface area contributed by atoms with Crippen LogP contribution in [0.15, 0.2) is 91.1 Å². The first-order valence-corrected chi connectivity index (χ1v) is 9.22. The smallest absolute Gasteiger partial charge is 0.139 e. The van der Waals surface area contributed by atoms with E-state index < -0.39 is 0 Å². The van der Waals surface area contributed by atoms with E-state index in [1.165, 1.54) is 5.57 Å². The summed E-state index contributed by atoms with van der Waals surface area (Å²) in [6.07, 6.45) is 14.5.